The molecular formula is C13H21N5O2. The molecular weight excluding hydrogens is 258 g/mol. The third-order valence-corrected chi connectivity index (χ3v) is 2.63. The summed E-state index contributed by atoms with van der Waals surface area (Å²) in [4.78, 5) is 27.6. The monoisotopic (exact) mass is 279 g/mol. The Labute approximate surface area is 118 Å². The summed E-state index contributed by atoms with van der Waals surface area (Å²) in [6.45, 7) is 6.23. The van der Waals surface area contributed by atoms with Crippen LogP contribution < -0.4 is 21.9 Å². The van der Waals surface area contributed by atoms with Crippen LogP contribution in [0.15, 0.2) is 12.1 Å². The van der Waals surface area contributed by atoms with E-state index >= 15 is 0 Å². The van der Waals surface area contributed by atoms with Crippen LogP contribution in [-0.2, 0) is 4.79 Å². The maximum atomic E-state index is 12.0. The molecule has 7 nitrogen and oxygen atoms in total. The number of carbonyl (C=O) groups is 2. The standard InChI is InChI=1S/C13H21N5O2/c1-4-15-12(19)7-16-13(20)9-5-10(8(2)3)17-11(6-9)18-14/h5-6,8H,4,7,14H2,1-3H3,(H,15,19)(H,16,20)(H,17,18). The summed E-state index contributed by atoms with van der Waals surface area (Å²) in [7, 11) is 0. The topological polar surface area (TPSA) is 109 Å². The van der Waals surface area contributed by atoms with Gasteiger partial charge in [-0.05, 0) is 25.0 Å². The zero-order valence-electron chi connectivity index (χ0n) is 12.0. The van der Waals surface area contributed by atoms with Gasteiger partial charge in [0.2, 0.25) is 5.91 Å². The fourth-order valence-corrected chi connectivity index (χ4v) is 1.58. The number of hydrogen-bond donors (Lipinski definition) is 4. The van der Waals surface area contributed by atoms with Crippen LogP contribution in [0.3, 0.4) is 0 Å². The highest BCUT2D eigenvalue weighted by molar-refractivity contribution is 5.97. The lowest BCUT2D eigenvalue weighted by Crippen LogP contribution is -2.36. The minimum Gasteiger partial charge on any atom is -0.355 e. The van der Waals surface area contributed by atoms with E-state index in [0.717, 1.165) is 5.69 Å². The third kappa shape index (κ3) is 4.51. The van der Waals surface area contributed by atoms with Crippen LogP contribution in [-0.4, -0.2) is 29.9 Å². The van der Waals surface area contributed by atoms with Crippen molar-refractivity contribution in [3.05, 3.63) is 23.4 Å². The SMILES string of the molecule is CCNC(=O)CNC(=O)c1cc(NN)nc(C(C)C)c1. The lowest BCUT2D eigenvalue weighted by atomic mass is 10.1. The van der Waals surface area contributed by atoms with Crippen LogP contribution in [0.4, 0.5) is 5.82 Å². The van der Waals surface area contributed by atoms with Gasteiger partial charge in [-0.15, -0.1) is 0 Å². The minimum absolute atomic E-state index is 0.0581. The van der Waals surface area contributed by atoms with Crippen molar-refractivity contribution in [3.63, 3.8) is 0 Å². The molecule has 0 aliphatic rings. The quantitative estimate of drug-likeness (QED) is 0.444. The van der Waals surface area contributed by atoms with Gasteiger partial charge in [0.05, 0.1) is 6.54 Å². The van der Waals surface area contributed by atoms with Gasteiger partial charge in [0.1, 0.15) is 5.82 Å². The first-order valence-electron chi connectivity index (χ1n) is 6.51. The molecule has 0 aliphatic carbocycles. The van der Waals surface area contributed by atoms with E-state index in [9.17, 15) is 9.59 Å². The Bertz CT molecular complexity index is 488. The van der Waals surface area contributed by atoms with E-state index in [-0.39, 0.29) is 24.3 Å². The number of carbonyl (C=O) groups excluding carboxylic acids is 2. The minimum atomic E-state index is -0.336. The molecule has 20 heavy (non-hydrogen) atoms. The van der Waals surface area contributed by atoms with Crippen molar-refractivity contribution in [2.75, 3.05) is 18.5 Å². The van der Waals surface area contributed by atoms with Crippen molar-refractivity contribution >= 4 is 17.6 Å². The maximum Gasteiger partial charge on any atom is 0.251 e. The first-order chi connectivity index (χ1) is 9.47. The molecule has 1 aromatic heterocycles. The van der Waals surface area contributed by atoms with E-state index < -0.39 is 0 Å². The van der Waals surface area contributed by atoms with Gasteiger partial charge in [-0.1, -0.05) is 13.8 Å². The highest BCUT2D eigenvalue weighted by Gasteiger charge is 2.12. The van der Waals surface area contributed by atoms with Gasteiger partial charge >= 0.3 is 0 Å². The van der Waals surface area contributed by atoms with Gasteiger partial charge in [0.25, 0.3) is 5.91 Å². The Balaban J connectivity index is 2.81. The molecule has 0 fully saturated rings. The molecule has 0 radical (unpaired) electrons. The number of nitrogens with one attached hydrogen (secondary N) is 3. The Morgan fingerprint density at radius 3 is 2.55 bits per heavy atom. The van der Waals surface area contributed by atoms with Gasteiger partial charge in [0.15, 0.2) is 0 Å². The molecule has 2 amide bonds. The lowest BCUT2D eigenvalue weighted by molar-refractivity contribution is -0.120. The highest BCUT2D eigenvalue weighted by Crippen LogP contribution is 2.17. The second-order valence-corrected chi connectivity index (χ2v) is 4.60. The number of amides is 2. The maximum absolute atomic E-state index is 12.0. The molecule has 110 valence electrons. The van der Waals surface area contributed by atoms with Crippen LogP contribution in [0.25, 0.3) is 0 Å². The highest BCUT2D eigenvalue weighted by atomic mass is 16.2. The summed E-state index contributed by atoms with van der Waals surface area (Å²) in [5.74, 6) is 5.36. The first-order valence-corrected chi connectivity index (χ1v) is 6.51. The number of nitrogens with two attached hydrogens (primary N) is 1. The Kier molecular flexibility index (Phi) is 5.92. The Hall–Kier alpha value is -2.15. The number of hydrogen-bond acceptors (Lipinski definition) is 5. The molecule has 1 heterocycles. The van der Waals surface area contributed by atoms with E-state index in [1.807, 2.05) is 20.8 Å². The van der Waals surface area contributed by atoms with Crippen LogP contribution in [0, 0.1) is 0 Å². The number of nitrogens with zero attached hydrogens (tertiary/aromatic N) is 1. The predicted octanol–water partition coefficient (Wildman–Crippen LogP) is 0.357. The molecule has 1 rings (SSSR count). The van der Waals surface area contributed by atoms with Crippen molar-refractivity contribution in [1.29, 1.82) is 0 Å². The average Bonchev–Trinajstić information content (AvgIpc) is 2.44. The van der Waals surface area contributed by atoms with E-state index in [1.165, 1.54) is 0 Å². The van der Waals surface area contributed by atoms with Crippen LogP contribution in [0.1, 0.15) is 42.7 Å². The third-order valence-electron chi connectivity index (χ3n) is 2.63. The van der Waals surface area contributed by atoms with E-state index in [2.05, 4.69) is 21.0 Å². The number of nitrogen functional groups attached to an aromatic ring is 1. The Morgan fingerprint density at radius 1 is 1.30 bits per heavy atom. The van der Waals surface area contributed by atoms with Crippen molar-refractivity contribution < 1.29 is 9.59 Å². The van der Waals surface area contributed by atoms with Crippen molar-refractivity contribution in [1.82, 2.24) is 15.6 Å². The summed E-state index contributed by atoms with van der Waals surface area (Å²) >= 11 is 0. The van der Waals surface area contributed by atoms with Crippen LogP contribution in [0.5, 0.6) is 0 Å². The van der Waals surface area contributed by atoms with Gasteiger partial charge in [-0.25, -0.2) is 10.8 Å². The summed E-state index contributed by atoms with van der Waals surface area (Å²) in [5.41, 5.74) is 3.60. The molecule has 0 aromatic carbocycles. The van der Waals surface area contributed by atoms with Crippen molar-refractivity contribution in [2.24, 2.45) is 5.84 Å². The summed E-state index contributed by atoms with van der Waals surface area (Å²) in [6, 6.07) is 3.23. The lowest BCUT2D eigenvalue weighted by Gasteiger charge is -2.11. The molecule has 0 spiro atoms. The molecule has 0 aliphatic heterocycles. The van der Waals surface area contributed by atoms with E-state index in [0.29, 0.717) is 17.9 Å². The van der Waals surface area contributed by atoms with Crippen LogP contribution >= 0.6 is 0 Å². The summed E-state index contributed by atoms with van der Waals surface area (Å²) in [5, 5.41) is 5.16. The molecule has 0 atom stereocenters. The van der Waals surface area contributed by atoms with E-state index in [1.54, 1.807) is 12.1 Å². The fraction of sp³-hybridized carbons (Fsp3) is 0.462. The van der Waals surface area contributed by atoms with Crippen LogP contribution in [0.2, 0.25) is 0 Å². The number of rotatable bonds is 6. The molecule has 0 saturated heterocycles. The molecule has 0 unspecified atom stereocenters. The zero-order chi connectivity index (χ0) is 15.1. The average molecular weight is 279 g/mol. The smallest absolute Gasteiger partial charge is 0.251 e. The summed E-state index contributed by atoms with van der Waals surface area (Å²) in [6.07, 6.45) is 0. The number of pyridine rings is 1. The number of hydrazine groups is 1. The molecule has 0 saturated carbocycles. The van der Waals surface area contributed by atoms with Gasteiger partial charge in [-0.2, -0.15) is 0 Å². The largest absolute Gasteiger partial charge is 0.355 e. The predicted molar refractivity (Wildman–Crippen MR) is 77.2 cm³/mol. The van der Waals surface area contributed by atoms with E-state index in [4.69, 9.17) is 5.84 Å². The van der Waals surface area contributed by atoms with Gasteiger partial charge in [0, 0.05) is 17.8 Å². The first kappa shape index (κ1) is 15.9. The number of anilines is 1. The fourth-order valence-electron chi connectivity index (χ4n) is 1.58. The second-order valence-electron chi connectivity index (χ2n) is 4.60. The molecule has 7 heteroatoms. The van der Waals surface area contributed by atoms with Gasteiger partial charge < -0.3 is 16.1 Å². The number of aromatic nitrogens is 1. The zero-order valence-corrected chi connectivity index (χ0v) is 12.0. The summed E-state index contributed by atoms with van der Waals surface area (Å²) < 4.78 is 0. The van der Waals surface area contributed by atoms with Gasteiger partial charge in [-0.3, -0.25) is 9.59 Å². The van der Waals surface area contributed by atoms with Crippen molar-refractivity contribution in [3.8, 4) is 0 Å². The second kappa shape index (κ2) is 7.44. The Morgan fingerprint density at radius 2 is 2.00 bits per heavy atom. The molecule has 1 aromatic rings. The molecule has 5 N–H and O–H groups in total. The number of likely N-dealkylation sites (N-methyl/N-ethyl adjacent to an activating group) is 1. The van der Waals surface area contributed by atoms with Crippen molar-refractivity contribution in [2.45, 2.75) is 26.7 Å². The molecule has 0 bridgehead atoms. The normalized spacial score (nSPS) is 10.2.